The van der Waals surface area contributed by atoms with Crippen LogP contribution < -0.4 is 10.8 Å². The third kappa shape index (κ3) is 4.35. The lowest BCUT2D eigenvalue weighted by Crippen LogP contribution is -2.07. The van der Waals surface area contributed by atoms with Gasteiger partial charge in [0.15, 0.2) is 0 Å². The van der Waals surface area contributed by atoms with Crippen LogP contribution >= 0.6 is 7.14 Å². The molecule has 0 saturated heterocycles. The third-order valence-electron chi connectivity index (χ3n) is 3.93. The maximum absolute atomic E-state index is 12.1. The molecule has 138 valence electrons. The SMILES string of the molecule is Cc1ccc([N+](=O)[O-])cc1Nc1nccc(-c2ccc(P(C)(C)=O)nc2)n1. The number of aryl methyl sites for hydroxylation is 1. The summed E-state index contributed by atoms with van der Waals surface area (Å²) in [6.07, 6.45) is 3.22. The number of benzene rings is 1. The Balaban J connectivity index is 1.89. The van der Waals surface area contributed by atoms with Gasteiger partial charge in [0, 0.05) is 30.1 Å². The Hall–Kier alpha value is -3.12. The van der Waals surface area contributed by atoms with Gasteiger partial charge in [0.05, 0.1) is 21.7 Å². The van der Waals surface area contributed by atoms with Crippen molar-refractivity contribution in [3.63, 3.8) is 0 Å². The van der Waals surface area contributed by atoms with Crippen LogP contribution in [0, 0.1) is 17.0 Å². The number of hydrogen-bond acceptors (Lipinski definition) is 7. The molecule has 8 nitrogen and oxygen atoms in total. The van der Waals surface area contributed by atoms with Gasteiger partial charge in [0.2, 0.25) is 5.95 Å². The predicted octanol–water partition coefficient (Wildman–Crippen LogP) is 3.75. The lowest BCUT2D eigenvalue weighted by molar-refractivity contribution is -0.384. The van der Waals surface area contributed by atoms with Crippen molar-refractivity contribution in [2.75, 3.05) is 18.6 Å². The summed E-state index contributed by atoms with van der Waals surface area (Å²) >= 11 is 0. The molecular weight excluding hydrogens is 365 g/mol. The monoisotopic (exact) mass is 383 g/mol. The number of nitrogens with zero attached hydrogens (tertiary/aromatic N) is 4. The first-order valence-electron chi connectivity index (χ1n) is 8.11. The van der Waals surface area contributed by atoms with Crippen molar-refractivity contribution in [3.05, 3.63) is 64.5 Å². The Morgan fingerprint density at radius 1 is 1.11 bits per heavy atom. The summed E-state index contributed by atoms with van der Waals surface area (Å²) in [5.41, 5.74) is 3.34. The normalized spacial score (nSPS) is 11.2. The highest BCUT2D eigenvalue weighted by molar-refractivity contribution is 7.69. The zero-order valence-corrected chi connectivity index (χ0v) is 16.0. The summed E-state index contributed by atoms with van der Waals surface area (Å²) in [6, 6.07) is 9.84. The van der Waals surface area contributed by atoms with Gasteiger partial charge in [-0.1, -0.05) is 6.07 Å². The molecule has 0 unspecified atom stereocenters. The van der Waals surface area contributed by atoms with Crippen LogP contribution in [0.1, 0.15) is 5.56 Å². The number of rotatable bonds is 5. The van der Waals surface area contributed by atoms with Crippen LogP contribution in [0.15, 0.2) is 48.8 Å². The van der Waals surface area contributed by atoms with Crippen LogP contribution in [0.2, 0.25) is 0 Å². The van der Waals surface area contributed by atoms with Crippen molar-refractivity contribution < 1.29 is 9.49 Å². The number of aromatic nitrogens is 3. The van der Waals surface area contributed by atoms with Crippen LogP contribution in [0.3, 0.4) is 0 Å². The summed E-state index contributed by atoms with van der Waals surface area (Å²) < 4.78 is 12.1. The Labute approximate surface area is 156 Å². The first-order chi connectivity index (χ1) is 12.7. The molecule has 27 heavy (non-hydrogen) atoms. The number of non-ortho nitro benzene ring substituents is 1. The molecule has 2 aromatic heterocycles. The molecule has 0 amide bonds. The predicted molar refractivity (Wildman–Crippen MR) is 105 cm³/mol. The molecule has 0 aliphatic heterocycles. The largest absolute Gasteiger partial charge is 0.324 e. The average Bonchev–Trinajstić information content (AvgIpc) is 2.63. The molecule has 0 spiro atoms. The number of pyridine rings is 1. The molecule has 0 fully saturated rings. The van der Waals surface area contributed by atoms with Crippen molar-refractivity contribution in [2.24, 2.45) is 0 Å². The summed E-state index contributed by atoms with van der Waals surface area (Å²) in [5, 5.41) is 14.0. The van der Waals surface area contributed by atoms with Crippen LogP contribution in [0.4, 0.5) is 17.3 Å². The van der Waals surface area contributed by atoms with Crippen molar-refractivity contribution >= 4 is 29.9 Å². The summed E-state index contributed by atoms with van der Waals surface area (Å²) in [7, 11) is -2.41. The minimum Gasteiger partial charge on any atom is -0.324 e. The van der Waals surface area contributed by atoms with E-state index in [9.17, 15) is 14.7 Å². The number of anilines is 2. The lowest BCUT2D eigenvalue weighted by Gasteiger charge is -2.10. The molecule has 0 atom stereocenters. The van der Waals surface area contributed by atoms with Gasteiger partial charge >= 0.3 is 0 Å². The van der Waals surface area contributed by atoms with E-state index in [1.165, 1.54) is 12.1 Å². The molecule has 0 saturated carbocycles. The quantitative estimate of drug-likeness (QED) is 0.406. The zero-order chi connectivity index (χ0) is 19.6. The molecule has 1 aromatic carbocycles. The minimum atomic E-state index is -2.41. The van der Waals surface area contributed by atoms with Gasteiger partial charge in [-0.2, -0.15) is 0 Å². The first-order valence-corrected chi connectivity index (χ1v) is 10.7. The molecule has 3 rings (SSSR count). The Morgan fingerprint density at radius 2 is 1.89 bits per heavy atom. The molecular formula is C18H18N5O3P. The highest BCUT2D eigenvalue weighted by atomic mass is 31.2. The highest BCUT2D eigenvalue weighted by Crippen LogP contribution is 2.33. The fourth-order valence-corrected chi connectivity index (χ4v) is 3.18. The smallest absolute Gasteiger partial charge is 0.271 e. The third-order valence-corrected chi connectivity index (χ3v) is 5.30. The molecule has 3 aromatic rings. The van der Waals surface area contributed by atoms with E-state index in [-0.39, 0.29) is 5.69 Å². The minimum absolute atomic E-state index is 0.0115. The first kappa shape index (κ1) is 18.7. The Kier molecular flexibility index (Phi) is 5.01. The summed E-state index contributed by atoms with van der Waals surface area (Å²) in [6.45, 7) is 5.18. The van der Waals surface area contributed by atoms with Crippen LogP contribution in [-0.2, 0) is 4.57 Å². The molecule has 0 aliphatic rings. The van der Waals surface area contributed by atoms with E-state index < -0.39 is 12.1 Å². The second-order valence-electron chi connectivity index (χ2n) is 6.40. The van der Waals surface area contributed by atoms with Crippen LogP contribution in [0.5, 0.6) is 0 Å². The summed E-state index contributed by atoms with van der Waals surface area (Å²) in [4.78, 5) is 23.4. The molecule has 0 bridgehead atoms. The second kappa shape index (κ2) is 7.25. The van der Waals surface area contributed by atoms with Crippen LogP contribution in [-0.4, -0.2) is 33.2 Å². The van der Waals surface area contributed by atoms with Gasteiger partial charge in [-0.25, -0.2) is 9.97 Å². The number of nitro groups is 1. The average molecular weight is 383 g/mol. The van der Waals surface area contributed by atoms with Crippen LogP contribution in [0.25, 0.3) is 11.3 Å². The van der Waals surface area contributed by atoms with Gasteiger partial charge in [-0.15, -0.1) is 0 Å². The fraction of sp³-hybridized carbons (Fsp3) is 0.167. The van der Waals surface area contributed by atoms with E-state index >= 15 is 0 Å². The molecule has 2 heterocycles. The van der Waals surface area contributed by atoms with E-state index in [0.29, 0.717) is 22.8 Å². The van der Waals surface area contributed by atoms with Gasteiger partial charge in [-0.05, 0) is 44.0 Å². The van der Waals surface area contributed by atoms with E-state index in [0.717, 1.165) is 11.1 Å². The van der Waals surface area contributed by atoms with E-state index in [2.05, 4.69) is 20.3 Å². The van der Waals surface area contributed by atoms with E-state index in [1.807, 2.05) is 13.0 Å². The lowest BCUT2D eigenvalue weighted by atomic mass is 10.2. The van der Waals surface area contributed by atoms with Gasteiger partial charge in [0.25, 0.3) is 5.69 Å². The van der Waals surface area contributed by atoms with Crippen molar-refractivity contribution in [2.45, 2.75) is 6.92 Å². The fourth-order valence-electron chi connectivity index (χ4n) is 2.41. The summed E-state index contributed by atoms with van der Waals surface area (Å²) in [5.74, 6) is 0.317. The topological polar surface area (TPSA) is 111 Å². The van der Waals surface area contributed by atoms with Crippen molar-refractivity contribution in [1.29, 1.82) is 0 Å². The molecule has 0 aliphatic carbocycles. The van der Waals surface area contributed by atoms with E-state index in [1.54, 1.807) is 43.9 Å². The number of nitro benzene ring substituents is 1. The maximum atomic E-state index is 12.1. The molecule has 9 heteroatoms. The maximum Gasteiger partial charge on any atom is 0.271 e. The van der Waals surface area contributed by atoms with Gasteiger partial charge in [0.1, 0.15) is 7.14 Å². The van der Waals surface area contributed by atoms with E-state index in [4.69, 9.17) is 0 Å². The zero-order valence-electron chi connectivity index (χ0n) is 15.1. The number of hydrogen-bond donors (Lipinski definition) is 1. The second-order valence-corrected chi connectivity index (χ2v) is 9.56. The van der Waals surface area contributed by atoms with Gasteiger partial charge < -0.3 is 9.88 Å². The molecule has 1 N–H and O–H groups in total. The molecule has 0 radical (unpaired) electrons. The van der Waals surface area contributed by atoms with Gasteiger partial charge in [-0.3, -0.25) is 15.1 Å². The Bertz CT molecular complexity index is 1050. The number of nitrogens with one attached hydrogen (secondary N) is 1. The Morgan fingerprint density at radius 3 is 2.52 bits per heavy atom. The highest BCUT2D eigenvalue weighted by Gasteiger charge is 2.13. The van der Waals surface area contributed by atoms with Crippen molar-refractivity contribution in [3.8, 4) is 11.3 Å². The van der Waals surface area contributed by atoms with Crippen molar-refractivity contribution in [1.82, 2.24) is 15.0 Å². The standard InChI is InChI=1S/C18H18N5O3P/c1-12-4-6-14(23(24)25)10-16(12)22-18-19-9-8-15(21-18)13-5-7-17(20-11-13)27(2,3)26/h4-11H,1-3H3,(H,19,21,22).